The minimum Gasteiger partial charge on any atom is -0.383 e. The Labute approximate surface area is 113 Å². The summed E-state index contributed by atoms with van der Waals surface area (Å²) >= 11 is 8.16. The quantitative estimate of drug-likeness (QED) is 0.905. The summed E-state index contributed by atoms with van der Waals surface area (Å²) in [5, 5.41) is 4.20. The van der Waals surface area contributed by atoms with E-state index in [4.69, 9.17) is 11.6 Å². The third-order valence-electron chi connectivity index (χ3n) is 2.93. The number of para-hydroxylation sites is 1. The second-order valence-electron chi connectivity index (χ2n) is 4.21. The Hall–Kier alpha value is -0.380. The van der Waals surface area contributed by atoms with E-state index in [1.54, 1.807) is 0 Å². The van der Waals surface area contributed by atoms with Crippen LogP contribution in [-0.2, 0) is 0 Å². The fourth-order valence-electron chi connectivity index (χ4n) is 1.97. The highest BCUT2D eigenvalue weighted by Gasteiger charge is 2.08. The van der Waals surface area contributed by atoms with Crippen molar-refractivity contribution in [1.82, 2.24) is 4.90 Å². The molecule has 0 aliphatic carbocycles. The molecule has 0 amide bonds. The van der Waals surface area contributed by atoms with E-state index in [2.05, 4.69) is 22.0 Å². The molecule has 17 heavy (non-hydrogen) atoms. The fourth-order valence-corrected chi connectivity index (χ4v) is 3.10. The molecule has 4 heteroatoms. The van der Waals surface area contributed by atoms with Crippen molar-refractivity contribution in [2.75, 3.05) is 43.0 Å². The number of halogens is 1. The van der Waals surface area contributed by atoms with Crippen LogP contribution in [-0.4, -0.2) is 42.6 Å². The Morgan fingerprint density at radius 3 is 3.00 bits per heavy atom. The number of hydrogen-bond acceptors (Lipinski definition) is 3. The molecule has 0 spiro atoms. The maximum atomic E-state index is 6.09. The molecule has 1 aromatic rings. The molecule has 1 aromatic carbocycles. The van der Waals surface area contributed by atoms with E-state index < -0.39 is 0 Å². The van der Waals surface area contributed by atoms with Gasteiger partial charge in [-0.15, -0.1) is 0 Å². The zero-order chi connectivity index (χ0) is 11.9. The van der Waals surface area contributed by atoms with Crippen molar-refractivity contribution in [3.63, 3.8) is 0 Å². The number of rotatable bonds is 4. The van der Waals surface area contributed by atoms with Crippen molar-refractivity contribution in [3.8, 4) is 0 Å². The van der Waals surface area contributed by atoms with Crippen LogP contribution in [0.1, 0.15) is 6.42 Å². The molecular formula is C13H19ClN2S. The van der Waals surface area contributed by atoms with Crippen LogP contribution < -0.4 is 5.32 Å². The van der Waals surface area contributed by atoms with Crippen molar-refractivity contribution < 1.29 is 0 Å². The molecule has 0 saturated carbocycles. The molecule has 0 bridgehead atoms. The average molecular weight is 271 g/mol. The fraction of sp³-hybridized carbons (Fsp3) is 0.538. The van der Waals surface area contributed by atoms with Crippen molar-refractivity contribution in [2.45, 2.75) is 6.42 Å². The lowest BCUT2D eigenvalue weighted by molar-refractivity contribution is 0.307. The van der Waals surface area contributed by atoms with Gasteiger partial charge < -0.3 is 10.2 Å². The first-order chi connectivity index (χ1) is 8.36. The normalized spacial score (nSPS) is 17.7. The van der Waals surface area contributed by atoms with Gasteiger partial charge in [-0.25, -0.2) is 0 Å². The van der Waals surface area contributed by atoms with Crippen molar-refractivity contribution in [1.29, 1.82) is 0 Å². The number of nitrogens with zero attached hydrogens (tertiary/aromatic N) is 1. The molecule has 1 aliphatic rings. The van der Waals surface area contributed by atoms with Gasteiger partial charge in [0.25, 0.3) is 0 Å². The van der Waals surface area contributed by atoms with Crippen LogP contribution in [0.15, 0.2) is 24.3 Å². The third kappa shape index (κ3) is 4.41. The molecule has 1 fully saturated rings. The van der Waals surface area contributed by atoms with Crippen molar-refractivity contribution in [2.24, 2.45) is 0 Å². The van der Waals surface area contributed by atoms with Crippen LogP contribution in [0.25, 0.3) is 0 Å². The molecule has 0 radical (unpaired) electrons. The van der Waals surface area contributed by atoms with Gasteiger partial charge >= 0.3 is 0 Å². The van der Waals surface area contributed by atoms with Crippen LogP contribution in [0.3, 0.4) is 0 Å². The number of benzene rings is 1. The molecule has 0 atom stereocenters. The summed E-state index contributed by atoms with van der Waals surface area (Å²) in [6.45, 7) is 4.52. The summed E-state index contributed by atoms with van der Waals surface area (Å²) in [5.74, 6) is 2.58. The molecule has 1 aliphatic heterocycles. The molecular weight excluding hydrogens is 252 g/mol. The molecule has 1 N–H and O–H groups in total. The summed E-state index contributed by atoms with van der Waals surface area (Å²) in [7, 11) is 0. The predicted octanol–water partition coefficient (Wildman–Crippen LogP) is 3.19. The van der Waals surface area contributed by atoms with Gasteiger partial charge in [-0.2, -0.15) is 11.8 Å². The highest BCUT2D eigenvalue weighted by atomic mass is 35.5. The van der Waals surface area contributed by atoms with Crippen LogP contribution >= 0.6 is 23.4 Å². The van der Waals surface area contributed by atoms with E-state index in [1.807, 2.05) is 24.3 Å². The largest absolute Gasteiger partial charge is 0.383 e. The topological polar surface area (TPSA) is 15.3 Å². The van der Waals surface area contributed by atoms with Crippen LogP contribution in [0, 0.1) is 0 Å². The van der Waals surface area contributed by atoms with Gasteiger partial charge in [-0.3, -0.25) is 0 Å². The van der Waals surface area contributed by atoms with Gasteiger partial charge in [0.05, 0.1) is 10.7 Å². The molecule has 1 heterocycles. The SMILES string of the molecule is Clc1ccccc1NCCN1CCCSCC1. The first-order valence-corrected chi connectivity index (χ1v) is 7.68. The summed E-state index contributed by atoms with van der Waals surface area (Å²) in [6.07, 6.45) is 1.32. The van der Waals surface area contributed by atoms with E-state index in [9.17, 15) is 0 Å². The highest BCUT2D eigenvalue weighted by Crippen LogP contribution is 2.20. The second kappa shape index (κ2) is 7.14. The Bertz CT molecular complexity index is 338. The lowest BCUT2D eigenvalue weighted by Gasteiger charge is -2.20. The lowest BCUT2D eigenvalue weighted by Crippen LogP contribution is -2.31. The third-order valence-corrected chi connectivity index (χ3v) is 4.31. The second-order valence-corrected chi connectivity index (χ2v) is 5.85. The minimum atomic E-state index is 0.805. The van der Waals surface area contributed by atoms with E-state index in [-0.39, 0.29) is 0 Å². The van der Waals surface area contributed by atoms with Gasteiger partial charge in [-0.1, -0.05) is 23.7 Å². The summed E-state index contributed by atoms with van der Waals surface area (Å²) in [5.41, 5.74) is 1.04. The Balaban J connectivity index is 1.73. The summed E-state index contributed by atoms with van der Waals surface area (Å²) < 4.78 is 0. The highest BCUT2D eigenvalue weighted by molar-refractivity contribution is 7.99. The molecule has 2 nitrogen and oxygen atoms in total. The molecule has 2 rings (SSSR count). The standard InChI is InChI=1S/C13H19ClN2S/c14-12-4-1-2-5-13(12)15-6-8-16-7-3-10-17-11-9-16/h1-2,4-5,15H,3,6-11H2. The van der Waals surface area contributed by atoms with E-state index in [0.717, 1.165) is 23.8 Å². The number of anilines is 1. The van der Waals surface area contributed by atoms with Gasteiger partial charge in [-0.05, 0) is 30.9 Å². The number of nitrogens with one attached hydrogen (secondary N) is 1. The Kier molecular flexibility index (Phi) is 5.49. The molecule has 0 aromatic heterocycles. The van der Waals surface area contributed by atoms with Gasteiger partial charge in [0.15, 0.2) is 0 Å². The number of thioether (sulfide) groups is 1. The monoisotopic (exact) mass is 270 g/mol. The van der Waals surface area contributed by atoms with E-state index in [0.29, 0.717) is 0 Å². The molecule has 94 valence electrons. The van der Waals surface area contributed by atoms with Crippen LogP contribution in [0.4, 0.5) is 5.69 Å². The maximum absolute atomic E-state index is 6.09. The first kappa shape index (κ1) is 13.1. The van der Waals surface area contributed by atoms with Gasteiger partial charge in [0.2, 0.25) is 0 Å². The zero-order valence-electron chi connectivity index (χ0n) is 9.99. The number of hydrogen-bond donors (Lipinski definition) is 1. The first-order valence-electron chi connectivity index (χ1n) is 6.15. The Morgan fingerprint density at radius 1 is 1.24 bits per heavy atom. The predicted molar refractivity (Wildman–Crippen MR) is 78.3 cm³/mol. The summed E-state index contributed by atoms with van der Waals surface area (Å²) in [4.78, 5) is 2.53. The van der Waals surface area contributed by atoms with Crippen LogP contribution in [0.5, 0.6) is 0 Å². The minimum absolute atomic E-state index is 0.805. The van der Waals surface area contributed by atoms with Gasteiger partial charge in [0, 0.05) is 25.4 Å². The lowest BCUT2D eigenvalue weighted by atomic mass is 10.3. The average Bonchev–Trinajstić information content (AvgIpc) is 2.60. The molecule has 1 saturated heterocycles. The zero-order valence-corrected chi connectivity index (χ0v) is 11.6. The molecule has 0 unspecified atom stereocenters. The Morgan fingerprint density at radius 2 is 2.12 bits per heavy atom. The van der Waals surface area contributed by atoms with Crippen LogP contribution in [0.2, 0.25) is 5.02 Å². The van der Waals surface area contributed by atoms with E-state index >= 15 is 0 Å². The van der Waals surface area contributed by atoms with Crippen molar-refractivity contribution in [3.05, 3.63) is 29.3 Å². The van der Waals surface area contributed by atoms with Crippen molar-refractivity contribution >= 4 is 29.1 Å². The van der Waals surface area contributed by atoms with E-state index in [1.165, 1.54) is 31.0 Å². The van der Waals surface area contributed by atoms with Gasteiger partial charge in [0.1, 0.15) is 0 Å². The smallest absolute Gasteiger partial charge is 0.0637 e. The maximum Gasteiger partial charge on any atom is 0.0637 e. The summed E-state index contributed by atoms with van der Waals surface area (Å²) in [6, 6.07) is 7.92.